The molecule has 0 fully saturated rings. The van der Waals surface area contributed by atoms with E-state index in [1.165, 1.54) is 17.6 Å². The van der Waals surface area contributed by atoms with Crippen molar-refractivity contribution < 1.29 is 13.2 Å². The maximum Gasteiger partial charge on any atom is 0.196 e. The fourth-order valence-corrected chi connectivity index (χ4v) is 5.27. The molecule has 152 valence electrons. The Hall–Kier alpha value is -2.96. The van der Waals surface area contributed by atoms with Gasteiger partial charge in [0, 0.05) is 26.8 Å². The first-order valence-electron chi connectivity index (χ1n) is 9.31. The molecular weight excluding hydrogens is 416 g/mol. The van der Waals surface area contributed by atoms with Crippen molar-refractivity contribution in [1.82, 2.24) is 0 Å². The maximum atomic E-state index is 13.5. The summed E-state index contributed by atoms with van der Waals surface area (Å²) >= 11 is 1.52. The highest BCUT2D eigenvalue weighted by Gasteiger charge is 2.18. The van der Waals surface area contributed by atoms with Gasteiger partial charge in [0.05, 0.1) is 12.0 Å². The van der Waals surface area contributed by atoms with Crippen LogP contribution in [0.2, 0.25) is 0 Å². The van der Waals surface area contributed by atoms with E-state index in [9.17, 15) is 13.2 Å². The SMILES string of the molecule is COc1cc(-c2c(-c3ccc(S(C)(=O)=O)cc3)sc3ccccc3c2=O)ccc1C. The fraction of sp³-hybridized carbons (Fsp3) is 0.125. The van der Waals surface area contributed by atoms with Crippen LogP contribution in [-0.4, -0.2) is 21.8 Å². The third-order valence-electron chi connectivity index (χ3n) is 5.04. The number of sulfone groups is 1. The molecule has 0 saturated heterocycles. The van der Waals surface area contributed by atoms with Crippen LogP contribution in [0.5, 0.6) is 5.75 Å². The summed E-state index contributed by atoms with van der Waals surface area (Å²) in [6.07, 6.45) is 1.18. The zero-order chi connectivity index (χ0) is 21.5. The van der Waals surface area contributed by atoms with Gasteiger partial charge in [-0.05, 0) is 53.9 Å². The molecule has 0 saturated carbocycles. The third kappa shape index (κ3) is 3.64. The standard InChI is InChI=1S/C24H20O4S2/c1-15-8-9-17(14-20(15)28-2)22-23(25)19-6-4-5-7-21(19)29-24(22)16-10-12-18(13-11-16)30(3,26)27/h4-14H,1-3H3. The Labute approximate surface area is 179 Å². The van der Waals surface area contributed by atoms with Crippen LogP contribution in [0.1, 0.15) is 5.56 Å². The first-order valence-corrected chi connectivity index (χ1v) is 12.0. The minimum Gasteiger partial charge on any atom is -0.496 e. The van der Waals surface area contributed by atoms with Crippen molar-refractivity contribution in [2.75, 3.05) is 13.4 Å². The minimum absolute atomic E-state index is 0.0579. The summed E-state index contributed by atoms with van der Waals surface area (Å²) < 4.78 is 30.0. The Morgan fingerprint density at radius 3 is 2.23 bits per heavy atom. The molecule has 4 rings (SSSR count). The van der Waals surface area contributed by atoms with Crippen molar-refractivity contribution in [2.45, 2.75) is 11.8 Å². The van der Waals surface area contributed by atoms with Crippen molar-refractivity contribution in [3.05, 3.63) is 82.5 Å². The zero-order valence-corrected chi connectivity index (χ0v) is 18.4. The molecule has 0 amide bonds. The molecule has 0 aliphatic heterocycles. The molecule has 0 radical (unpaired) electrons. The van der Waals surface area contributed by atoms with Gasteiger partial charge in [0.1, 0.15) is 5.75 Å². The lowest BCUT2D eigenvalue weighted by atomic mass is 9.99. The molecule has 0 bridgehead atoms. The average molecular weight is 437 g/mol. The maximum absolute atomic E-state index is 13.5. The van der Waals surface area contributed by atoms with Crippen LogP contribution in [0.4, 0.5) is 0 Å². The number of rotatable bonds is 4. The van der Waals surface area contributed by atoms with E-state index in [1.807, 2.05) is 49.4 Å². The molecule has 30 heavy (non-hydrogen) atoms. The summed E-state index contributed by atoms with van der Waals surface area (Å²) in [7, 11) is -1.69. The predicted octanol–water partition coefficient (Wildman–Crippen LogP) is 5.32. The lowest BCUT2D eigenvalue weighted by molar-refractivity contribution is 0.412. The summed E-state index contributed by atoms with van der Waals surface area (Å²) in [5, 5.41) is 0.661. The van der Waals surface area contributed by atoms with E-state index in [0.717, 1.165) is 26.3 Å². The van der Waals surface area contributed by atoms with E-state index in [0.29, 0.717) is 16.7 Å². The highest BCUT2D eigenvalue weighted by atomic mass is 32.2. The van der Waals surface area contributed by atoms with Crippen molar-refractivity contribution in [1.29, 1.82) is 0 Å². The first kappa shape index (κ1) is 20.3. The molecule has 1 heterocycles. The first-order chi connectivity index (χ1) is 14.3. The number of methoxy groups -OCH3 is 1. The van der Waals surface area contributed by atoms with E-state index in [-0.39, 0.29) is 10.3 Å². The quantitative estimate of drug-likeness (QED) is 0.435. The Kier molecular flexibility index (Phi) is 5.22. The van der Waals surface area contributed by atoms with Crippen molar-refractivity contribution in [3.8, 4) is 27.3 Å². The summed E-state index contributed by atoms with van der Waals surface area (Å²) in [6.45, 7) is 1.95. The van der Waals surface area contributed by atoms with E-state index in [1.54, 1.807) is 31.4 Å². The van der Waals surface area contributed by atoms with Gasteiger partial charge >= 0.3 is 0 Å². The summed E-state index contributed by atoms with van der Waals surface area (Å²) in [4.78, 5) is 14.5. The van der Waals surface area contributed by atoms with Crippen LogP contribution in [0.25, 0.3) is 31.7 Å². The summed E-state index contributed by atoms with van der Waals surface area (Å²) in [6, 6.07) is 19.9. The molecule has 4 nitrogen and oxygen atoms in total. The van der Waals surface area contributed by atoms with Gasteiger partial charge in [0.15, 0.2) is 15.3 Å². The van der Waals surface area contributed by atoms with Gasteiger partial charge in [-0.3, -0.25) is 4.79 Å². The average Bonchev–Trinajstić information content (AvgIpc) is 2.74. The summed E-state index contributed by atoms with van der Waals surface area (Å²) in [5.74, 6) is 0.712. The highest BCUT2D eigenvalue weighted by molar-refractivity contribution is 7.90. The van der Waals surface area contributed by atoms with Gasteiger partial charge in [-0.25, -0.2) is 8.42 Å². The number of aryl methyl sites for hydroxylation is 1. The molecule has 0 atom stereocenters. The third-order valence-corrected chi connectivity index (χ3v) is 7.39. The van der Waals surface area contributed by atoms with E-state index in [2.05, 4.69) is 0 Å². The smallest absolute Gasteiger partial charge is 0.196 e. The Balaban J connectivity index is 2.04. The Bertz CT molecular complexity index is 1420. The second kappa shape index (κ2) is 7.70. The molecule has 0 aliphatic rings. The van der Waals surface area contributed by atoms with Crippen LogP contribution in [0.15, 0.2) is 76.4 Å². The zero-order valence-electron chi connectivity index (χ0n) is 16.8. The number of fused-ring (bicyclic) bond motifs is 1. The lowest BCUT2D eigenvalue weighted by Gasteiger charge is -2.13. The minimum atomic E-state index is -3.30. The molecular formula is C24H20O4S2. The molecule has 1 aromatic heterocycles. The largest absolute Gasteiger partial charge is 0.496 e. The van der Waals surface area contributed by atoms with Crippen molar-refractivity contribution >= 4 is 31.3 Å². The Morgan fingerprint density at radius 2 is 1.57 bits per heavy atom. The van der Waals surface area contributed by atoms with Gasteiger partial charge in [-0.2, -0.15) is 0 Å². The summed E-state index contributed by atoms with van der Waals surface area (Å²) in [5.41, 5.74) is 3.08. The molecule has 6 heteroatoms. The monoisotopic (exact) mass is 436 g/mol. The highest BCUT2D eigenvalue weighted by Crippen LogP contribution is 2.38. The second-order valence-electron chi connectivity index (χ2n) is 7.11. The lowest BCUT2D eigenvalue weighted by Crippen LogP contribution is -2.06. The van der Waals surface area contributed by atoms with Crippen LogP contribution in [-0.2, 0) is 9.84 Å². The van der Waals surface area contributed by atoms with Crippen LogP contribution in [0.3, 0.4) is 0 Å². The fourth-order valence-electron chi connectivity index (χ4n) is 3.44. The molecule has 0 spiro atoms. The molecule has 3 aromatic carbocycles. The molecule has 0 N–H and O–H groups in total. The van der Waals surface area contributed by atoms with Gasteiger partial charge in [0.25, 0.3) is 0 Å². The van der Waals surface area contributed by atoms with Gasteiger partial charge < -0.3 is 4.74 Å². The molecule has 4 aromatic rings. The van der Waals surface area contributed by atoms with Crippen LogP contribution >= 0.6 is 11.3 Å². The van der Waals surface area contributed by atoms with Crippen molar-refractivity contribution in [3.63, 3.8) is 0 Å². The van der Waals surface area contributed by atoms with E-state index >= 15 is 0 Å². The van der Waals surface area contributed by atoms with Crippen LogP contribution in [0, 0.1) is 6.92 Å². The number of hydrogen-bond donors (Lipinski definition) is 0. The van der Waals surface area contributed by atoms with Gasteiger partial charge in [-0.1, -0.05) is 36.4 Å². The number of benzene rings is 3. The molecule has 0 aliphatic carbocycles. The number of hydrogen-bond acceptors (Lipinski definition) is 5. The topological polar surface area (TPSA) is 60.4 Å². The normalized spacial score (nSPS) is 11.6. The number of ether oxygens (including phenoxy) is 1. The van der Waals surface area contributed by atoms with Crippen LogP contribution < -0.4 is 10.2 Å². The van der Waals surface area contributed by atoms with Crippen molar-refractivity contribution in [2.24, 2.45) is 0 Å². The second-order valence-corrected chi connectivity index (χ2v) is 10.2. The van der Waals surface area contributed by atoms with Gasteiger partial charge in [-0.15, -0.1) is 11.3 Å². The van der Waals surface area contributed by atoms with E-state index < -0.39 is 9.84 Å². The van der Waals surface area contributed by atoms with Gasteiger partial charge in [0.2, 0.25) is 0 Å². The molecule has 0 unspecified atom stereocenters. The van der Waals surface area contributed by atoms with E-state index in [4.69, 9.17) is 4.74 Å². The predicted molar refractivity (Wildman–Crippen MR) is 123 cm³/mol. The Morgan fingerprint density at radius 1 is 0.900 bits per heavy atom.